The minimum atomic E-state index is 0.698. The second-order valence-electron chi connectivity index (χ2n) is 5.08. The van der Waals surface area contributed by atoms with Crippen LogP contribution >= 0.6 is 0 Å². The Morgan fingerprint density at radius 1 is 1.39 bits per heavy atom. The third kappa shape index (κ3) is 5.52. The van der Waals surface area contributed by atoms with Crippen molar-refractivity contribution in [3.05, 3.63) is 29.8 Å². The molecule has 1 aromatic carbocycles. The van der Waals surface area contributed by atoms with Gasteiger partial charge in [0.15, 0.2) is 0 Å². The smallest absolute Gasteiger partial charge is 0.119 e. The largest absolute Gasteiger partial charge is 0.497 e. The SMILES string of the molecule is COc1cccc(CN(C)CC(C)CCCN)c1. The zero-order chi connectivity index (χ0) is 13.4. The molecule has 18 heavy (non-hydrogen) atoms. The predicted octanol–water partition coefficient (Wildman–Crippen LogP) is 2.50. The number of ether oxygens (including phenoxy) is 1. The highest BCUT2D eigenvalue weighted by atomic mass is 16.5. The summed E-state index contributed by atoms with van der Waals surface area (Å²) in [5, 5.41) is 0. The van der Waals surface area contributed by atoms with Gasteiger partial charge in [-0.3, -0.25) is 0 Å². The predicted molar refractivity (Wildman–Crippen MR) is 76.8 cm³/mol. The van der Waals surface area contributed by atoms with E-state index in [0.717, 1.165) is 31.8 Å². The van der Waals surface area contributed by atoms with E-state index < -0.39 is 0 Å². The van der Waals surface area contributed by atoms with Crippen LogP contribution in [0.25, 0.3) is 0 Å². The molecule has 0 aliphatic rings. The molecule has 1 unspecified atom stereocenters. The highest BCUT2D eigenvalue weighted by molar-refractivity contribution is 5.28. The molecule has 2 N–H and O–H groups in total. The Labute approximate surface area is 111 Å². The van der Waals surface area contributed by atoms with E-state index in [1.165, 1.54) is 12.0 Å². The number of methoxy groups -OCH3 is 1. The first-order valence-corrected chi connectivity index (χ1v) is 6.67. The maximum atomic E-state index is 5.54. The number of hydrogen-bond acceptors (Lipinski definition) is 3. The van der Waals surface area contributed by atoms with Crippen LogP contribution in [0.15, 0.2) is 24.3 Å². The molecule has 1 rings (SSSR count). The Bertz CT molecular complexity index is 341. The molecule has 1 aromatic rings. The normalized spacial score (nSPS) is 12.7. The summed E-state index contributed by atoms with van der Waals surface area (Å²) in [6, 6.07) is 8.26. The van der Waals surface area contributed by atoms with Gasteiger partial charge in [0.2, 0.25) is 0 Å². The van der Waals surface area contributed by atoms with Crippen LogP contribution in [0.5, 0.6) is 5.75 Å². The third-order valence-electron chi connectivity index (χ3n) is 3.11. The van der Waals surface area contributed by atoms with E-state index in [9.17, 15) is 0 Å². The highest BCUT2D eigenvalue weighted by Crippen LogP contribution is 2.15. The van der Waals surface area contributed by atoms with Crippen LogP contribution in [-0.4, -0.2) is 32.1 Å². The van der Waals surface area contributed by atoms with Gasteiger partial charge in [-0.15, -0.1) is 0 Å². The maximum Gasteiger partial charge on any atom is 0.119 e. The molecule has 0 heterocycles. The molecule has 0 spiro atoms. The lowest BCUT2D eigenvalue weighted by molar-refractivity contribution is 0.269. The van der Waals surface area contributed by atoms with E-state index in [1.807, 2.05) is 12.1 Å². The zero-order valence-corrected chi connectivity index (χ0v) is 11.9. The van der Waals surface area contributed by atoms with Crippen molar-refractivity contribution in [2.45, 2.75) is 26.3 Å². The van der Waals surface area contributed by atoms with E-state index in [2.05, 4.69) is 31.0 Å². The highest BCUT2D eigenvalue weighted by Gasteiger charge is 2.07. The lowest BCUT2D eigenvalue weighted by Crippen LogP contribution is -2.24. The lowest BCUT2D eigenvalue weighted by Gasteiger charge is -2.21. The Morgan fingerprint density at radius 3 is 2.83 bits per heavy atom. The quantitative estimate of drug-likeness (QED) is 0.770. The van der Waals surface area contributed by atoms with E-state index >= 15 is 0 Å². The van der Waals surface area contributed by atoms with Crippen molar-refractivity contribution in [1.82, 2.24) is 4.90 Å². The van der Waals surface area contributed by atoms with Crippen LogP contribution in [0.4, 0.5) is 0 Å². The molecule has 0 amide bonds. The Kier molecular flexibility index (Phi) is 6.76. The first-order valence-electron chi connectivity index (χ1n) is 6.67. The van der Waals surface area contributed by atoms with Crippen molar-refractivity contribution >= 4 is 0 Å². The molecule has 0 radical (unpaired) electrons. The number of rotatable bonds is 8. The van der Waals surface area contributed by atoms with E-state index in [1.54, 1.807) is 7.11 Å². The summed E-state index contributed by atoms with van der Waals surface area (Å²) >= 11 is 0. The zero-order valence-electron chi connectivity index (χ0n) is 11.9. The second-order valence-corrected chi connectivity index (χ2v) is 5.08. The number of hydrogen-bond donors (Lipinski definition) is 1. The van der Waals surface area contributed by atoms with Gasteiger partial charge in [-0.05, 0) is 50.0 Å². The summed E-state index contributed by atoms with van der Waals surface area (Å²) in [7, 11) is 3.87. The Hall–Kier alpha value is -1.06. The van der Waals surface area contributed by atoms with E-state index in [0.29, 0.717) is 5.92 Å². The molecule has 102 valence electrons. The second kappa shape index (κ2) is 8.11. The van der Waals surface area contributed by atoms with Crippen molar-refractivity contribution in [3.8, 4) is 5.75 Å². The maximum absolute atomic E-state index is 5.54. The van der Waals surface area contributed by atoms with E-state index in [-0.39, 0.29) is 0 Å². The van der Waals surface area contributed by atoms with Gasteiger partial charge in [-0.25, -0.2) is 0 Å². The lowest BCUT2D eigenvalue weighted by atomic mass is 10.0. The van der Waals surface area contributed by atoms with Gasteiger partial charge >= 0.3 is 0 Å². The minimum Gasteiger partial charge on any atom is -0.497 e. The fraction of sp³-hybridized carbons (Fsp3) is 0.600. The number of nitrogens with zero attached hydrogens (tertiary/aromatic N) is 1. The molecule has 0 aromatic heterocycles. The van der Waals surface area contributed by atoms with Gasteiger partial charge in [0.25, 0.3) is 0 Å². The molecular formula is C15H26N2O. The fourth-order valence-corrected chi connectivity index (χ4v) is 2.24. The first-order chi connectivity index (χ1) is 8.65. The molecule has 3 nitrogen and oxygen atoms in total. The average molecular weight is 250 g/mol. The molecule has 3 heteroatoms. The molecule has 0 bridgehead atoms. The summed E-state index contributed by atoms with van der Waals surface area (Å²) in [5.74, 6) is 1.63. The molecule has 1 atom stereocenters. The van der Waals surface area contributed by atoms with Crippen LogP contribution in [-0.2, 0) is 6.54 Å². The van der Waals surface area contributed by atoms with Gasteiger partial charge in [-0.2, -0.15) is 0 Å². The van der Waals surface area contributed by atoms with Gasteiger partial charge in [0.1, 0.15) is 5.75 Å². The van der Waals surface area contributed by atoms with Crippen molar-refractivity contribution in [3.63, 3.8) is 0 Å². The summed E-state index contributed by atoms with van der Waals surface area (Å²) in [6.07, 6.45) is 2.33. The third-order valence-corrected chi connectivity index (χ3v) is 3.11. The Balaban J connectivity index is 2.40. The van der Waals surface area contributed by atoms with Crippen LogP contribution in [0, 0.1) is 5.92 Å². The fourth-order valence-electron chi connectivity index (χ4n) is 2.24. The van der Waals surface area contributed by atoms with Crippen molar-refractivity contribution in [1.29, 1.82) is 0 Å². The number of benzene rings is 1. The van der Waals surface area contributed by atoms with Gasteiger partial charge in [0, 0.05) is 13.1 Å². The molecule has 0 saturated carbocycles. The average Bonchev–Trinajstić information content (AvgIpc) is 2.36. The topological polar surface area (TPSA) is 38.5 Å². The van der Waals surface area contributed by atoms with E-state index in [4.69, 9.17) is 10.5 Å². The van der Waals surface area contributed by atoms with Crippen molar-refractivity contribution < 1.29 is 4.74 Å². The molecule has 0 saturated heterocycles. The summed E-state index contributed by atoms with van der Waals surface area (Å²) in [4.78, 5) is 2.36. The van der Waals surface area contributed by atoms with Crippen LogP contribution in [0.1, 0.15) is 25.3 Å². The summed E-state index contributed by atoms with van der Waals surface area (Å²) in [5.41, 5.74) is 6.83. The number of nitrogens with two attached hydrogens (primary N) is 1. The molecule has 0 aliphatic carbocycles. The van der Waals surface area contributed by atoms with Gasteiger partial charge in [-0.1, -0.05) is 19.1 Å². The van der Waals surface area contributed by atoms with Gasteiger partial charge in [0.05, 0.1) is 7.11 Å². The first kappa shape index (κ1) is 15.0. The summed E-state index contributed by atoms with van der Waals surface area (Å²) in [6.45, 7) is 5.16. The van der Waals surface area contributed by atoms with Crippen molar-refractivity contribution in [2.75, 3.05) is 27.2 Å². The summed E-state index contributed by atoms with van der Waals surface area (Å²) < 4.78 is 5.24. The minimum absolute atomic E-state index is 0.698. The Morgan fingerprint density at radius 2 is 2.17 bits per heavy atom. The molecule has 0 fully saturated rings. The monoisotopic (exact) mass is 250 g/mol. The molecule has 0 aliphatic heterocycles. The van der Waals surface area contributed by atoms with Crippen LogP contribution < -0.4 is 10.5 Å². The molecular weight excluding hydrogens is 224 g/mol. The van der Waals surface area contributed by atoms with Crippen molar-refractivity contribution in [2.24, 2.45) is 11.7 Å². The standard InChI is InChI=1S/C15H26N2O/c1-13(6-5-9-16)11-17(2)12-14-7-4-8-15(10-14)18-3/h4,7-8,10,13H,5-6,9,11-12,16H2,1-3H3. The van der Waals surface area contributed by atoms with Crippen LogP contribution in [0.2, 0.25) is 0 Å². The van der Waals surface area contributed by atoms with Gasteiger partial charge < -0.3 is 15.4 Å². The van der Waals surface area contributed by atoms with Crippen LogP contribution in [0.3, 0.4) is 0 Å².